The Morgan fingerprint density at radius 2 is 2.07 bits per heavy atom. The molecule has 3 aromatic rings. The summed E-state index contributed by atoms with van der Waals surface area (Å²) >= 11 is 0. The summed E-state index contributed by atoms with van der Waals surface area (Å²) in [5, 5.41) is 18.3. The first-order chi connectivity index (χ1) is 13.8. The number of ether oxygens (including phenoxy) is 1. The van der Waals surface area contributed by atoms with Crippen LogP contribution >= 0.6 is 0 Å². The Labute approximate surface area is 167 Å². The quantitative estimate of drug-likeness (QED) is 0.481. The summed E-state index contributed by atoms with van der Waals surface area (Å²) in [4.78, 5) is 27.9. The summed E-state index contributed by atoms with van der Waals surface area (Å²) in [7, 11) is 3.40. The van der Waals surface area contributed by atoms with E-state index in [1.807, 2.05) is 35.9 Å². The van der Waals surface area contributed by atoms with Gasteiger partial charge in [0, 0.05) is 25.0 Å². The largest absolute Gasteiger partial charge is 0.496 e. The Morgan fingerprint density at radius 1 is 1.34 bits per heavy atom. The van der Waals surface area contributed by atoms with E-state index in [4.69, 9.17) is 4.74 Å². The average molecular weight is 398 g/mol. The summed E-state index contributed by atoms with van der Waals surface area (Å²) in [5.74, 6) is 0.883. The van der Waals surface area contributed by atoms with Gasteiger partial charge in [0.25, 0.3) is 0 Å². The van der Waals surface area contributed by atoms with Crippen LogP contribution in [-0.4, -0.2) is 37.3 Å². The maximum atomic E-state index is 12.8. The number of methoxy groups -OCH3 is 1. The maximum Gasteiger partial charge on any atom is 0.312 e. The number of nitrogens with one attached hydrogen (secondary N) is 1. The molecule has 0 aliphatic carbocycles. The molecule has 10 nitrogen and oxygen atoms in total. The van der Waals surface area contributed by atoms with Crippen molar-refractivity contribution < 1.29 is 14.5 Å². The number of carbonyl (C=O) groups is 1. The van der Waals surface area contributed by atoms with E-state index in [0.29, 0.717) is 17.3 Å². The van der Waals surface area contributed by atoms with Crippen molar-refractivity contribution >= 4 is 11.6 Å². The van der Waals surface area contributed by atoms with E-state index in [1.54, 1.807) is 33.4 Å². The number of imidazole rings is 1. The van der Waals surface area contributed by atoms with Crippen LogP contribution in [0.4, 0.5) is 5.69 Å². The number of amides is 1. The van der Waals surface area contributed by atoms with Crippen LogP contribution in [0.3, 0.4) is 0 Å². The third kappa shape index (κ3) is 3.96. The van der Waals surface area contributed by atoms with Crippen LogP contribution in [0.15, 0.2) is 36.7 Å². The normalized spacial score (nSPS) is 11.9. The number of nitro groups is 1. The molecule has 2 heterocycles. The zero-order valence-corrected chi connectivity index (χ0v) is 16.6. The molecule has 3 rings (SSSR count). The molecule has 0 radical (unpaired) electrons. The minimum Gasteiger partial charge on any atom is -0.496 e. The number of nitrogens with zero attached hydrogens (tertiary/aromatic N) is 5. The minimum atomic E-state index is -0.564. The Morgan fingerprint density at radius 3 is 2.66 bits per heavy atom. The third-order valence-corrected chi connectivity index (χ3v) is 4.69. The van der Waals surface area contributed by atoms with E-state index >= 15 is 0 Å². The standard InChI is InChI=1S/C19H22N6O4/c1-12-18(25(27)28)13(2)24(22-12)11-16(26)21-17(19-20-9-10-23(19)3)14-7-5-6-8-15(14)29-4/h5-10,17H,11H2,1-4H3,(H,21,26). The number of hydrogen-bond acceptors (Lipinski definition) is 6. The van der Waals surface area contributed by atoms with Gasteiger partial charge in [-0.15, -0.1) is 0 Å². The van der Waals surface area contributed by atoms with Gasteiger partial charge in [0.2, 0.25) is 5.91 Å². The van der Waals surface area contributed by atoms with Crippen LogP contribution in [0.5, 0.6) is 5.75 Å². The molecule has 152 valence electrons. The van der Waals surface area contributed by atoms with E-state index in [-0.39, 0.29) is 23.8 Å². The molecule has 0 saturated heterocycles. The Bertz CT molecular complexity index is 1050. The maximum absolute atomic E-state index is 12.8. The highest BCUT2D eigenvalue weighted by Crippen LogP contribution is 2.29. The molecule has 29 heavy (non-hydrogen) atoms. The number of rotatable bonds is 7. The predicted octanol–water partition coefficient (Wildman–Crippen LogP) is 2.06. The van der Waals surface area contributed by atoms with Crippen LogP contribution < -0.4 is 10.1 Å². The van der Waals surface area contributed by atoms with Gasteiger partial charge in [0.15, 0.2) is 0 Å². The summed E-state index contributed by atoms with van der Waals surface area (Å²) in [6, 6.07) is 6.79. The second-order valence-corrected chi connectivity index (χ2v) is 6.57. The number of hydrogen-bond donors (Lipinski definition) is 1. The molecule has 0 bridgehead atoms. The molecule has 1 atom stereocenters. The molecule has 0 saturated carbocycles. The summed E-state index contributed by atoms with van der Waals surface area (Å²) < 4.78 is 8.59. The second kappa shape index (κ2) is 8.13. The molecule has 10 heteroatoms. The van der Waals surface area contributed by atoms with E-state index in [1.165, 1.54) is 4.68 Å². The first kappa shape index (κ1) is 20.1. The molecule has 0 spiro atoms. The van der Waals surface area contributed by atoms with Gasteiger partial charge < -0.3 is 14.6 Å². The Balaban J connectivity index is 1.91. The highest BCUT2D eigenvalue weighted by atomic mass is 16.6. The van der Waals surface area contributed by atoms with Gasteiger partial charge in [0.1, 0.15) is 35.5 Å². The predicted molar refractivity (Wildman–Crippen MR) is 105 cm³/mol. The van der Waals surface area contributed by atoms with Gasteiger partial charge in [0.05, 0.1) is 12.0 Å². The van der Waals surface area contributed by atoms with Gasteiger partial charge >= 0.3 is 5.69 Å². The summed E-state index contributed by atoms with van der Waals surface area (Å²) in [6.45, 7) is 2.96. The van der Waals surface area contributed by atoms with Crippen LogP contribution in [0.1, 0.15) is 28.8 Å². The topological polar surface area (TPSA) is 117 Å². The lowest BCUT2D eigenvalue weighted by Gasteiger charge is -2.21. The monoisotopic (exact) mass is 398 g/mol. The third-order valence-electron chi connectivity index (χ3n) is 4.69. The van der Waals surface area contributed by atoms with E-state index in [2.05, 4.69) is 15.4 Å². The SMILES string of the molecule is COc1ccccc1C(NC(=O)Cn1nc(C)c([N+](=O)[O-])c1C)c1nccn1C. The Hall–Kier alpha value is -3.69. The molecular weight excluding hydrogens is 376 g/mol. The smallest absolute Gasteiger partial charge is 0.312 e. The van der Waals surface area contributed by atoms with Gasteiger partial charge in [-0.2, -0.15) is 5.10 Å². The van der Waals surface area contributed by atoms with E-state index in [0.717, 1.165) is 5.56 Å². The lowest BCUT2D eigenvalue weighted by atomic mass is 10.0. The summed E-state index contributed by atoms with van der Waals surface area (Å²) in [5.41, 5.74) is 1.26. The van der Waals surface area contributed by atoms with Crippen molar-refractivity contribution in [3.63, 3.8) is 0 Å². The first-order valence-electron chi connectivity index (χ1n) is 8.91. The van der Waals surface area contributed by atoms with Gasteiger partial charge in [-0.1, -0.05) is 18.2 Å². The van der Waals surface area contributed by atoms with Crippen LogP contribution in [0, 0.1) is 24.0 Å². The highest BCUT2D eigenvalue weighted by molar-refractivity contribution is 5.77. The fourth-order valence-corrected chi connectivity index (χ4v) is 3.29. The van der Waals surface area contributed by atoms with Crippen LogP contribution in [0.25, 0.3) is 0 Å². The number of carbonyl (C=O) groups excluding carboxylic acids is 1. The minimum absolute atomic E-state index is 0.0804. The van der Waals surface area contributed by atoms with Crippen LogP contribution in [-0.2, 0) is 18.4 Å². The fraction of sp³-hybridized carbons (Fsp3) is 0.316. The van der Waals surface area contributed by atoms with E-state index < -0.39 is 11.0 Å². The number of aryl methyl sites for hydroxylation is 2. The van der Waals surface area contributed by atoms with E-state index in [9.17, 15) is 14.9 Å². The zero-order valence-electron chi connectivity index (χ0n) is 16.6. The molecule has 2 aromatic heterocycles. The number of benzene rings is 1. The molecule has 0 aliphatic rings. The average Bonchev–Trinajstić information content (AvgIpc) is 3.22. The zero-order chi connectivity index (χ0) is 21.1. The van der Waals surface area contributed by atoms with Gasteiger partial charge in [-0.3, -0.25) is 19.6 Å². The van der Waals surface area contributed by atoms with Crippen molar-refractivity contribution in [3.05, 3.63) is 69.5 Å². The number of para-hydroxylation sites is 1. The molecule has 1 amide bonds. The fourth-order valence-electron chi connectivity index (χ4n) is 3.29. The van der Waals surface area contributed by atoms with Crippen molar-refractivity contribution in [1.82, 2.24) is 24.6 Å². The van der Waals surface area contributed by atoms with Crippen molar-refractivity contribution in [2.75, 3.05) is 7.11 Å². The first-order valence-corrected chi connectivity index (χ1v) is 8.91. The van der Waals surface area contributed by atoms with Crippen molar-refractivity contribution in [2.45, 2.75) is 26.4 Å². The van der Waals surface area contributed by atoms with Crippen molar-refractivity contribution in [3.8, 4) is 5.75 Å². The van der Waals surface area contributed by atoms with Crippen molar-refractivity contribution in [1.29, 1.82) is 0 Å². The van der Waals surface area contributed by atoms with Gasteiger partial charge in [-0.25, -0.2) is 4.98 Å². The second-order valence-electron chi connectivity index (χ2n) is 6.57. The highest BCUT2D eigenvalue weighted by Gasteiger charge is 2.26. The Kier molecular flexibility index (Phi) is 5.62. The molecule has 1 N–H and O–H groups in total. The molecule has 0 aliphatic heterocycles. The van der Waals surface area contributed by atoms with Crippen molar-refractivity contribution in [2.24, 2.45) is 7.05 Å². The number of aromatic nitrogens is 4. The molecule has 1 unspecified atom stereocenters. The molecule has 0 fully saturated rings. The molecular formula is C19H22N6O4. The van der Waals surface area contributed by atoms with Gasteiger partial charge in [-0.05, 0) is 19.9 Å². The lowest BCUT2D eigenvalue weighted by Crippen LogP contribution is -2.34. The summed E-state index contributed by atoms with van der Waals surface area (Å²) in [6.07, 6.45) is 3.43. The lowest BCUT2D eigenvalue weighted by molar-refractivity contribution is -0.386. The van der Waals surface area contributed by atoms with Crippen LogP contribution in [0.2, 0.25) is 0 Å². The molecule has 1 aromatic carbocycles.